The van der Waals surface area contributed by atoms with Crippen LogP contribution < -0.4 is 5.01 Å². The van der Waals surface area contributed by atoms with Crippen LogP contribution in [0.25, 0.3) is 6.08 Å². The van der Waals surface area contributed by atoms with Crippen molar-refractivity contribution in [3.63, 3.8) is 0 Å². The number of nitrogens with zero attached hydrogens (tertiary/aromatic N) is 3. The largest absolute Gasteiger partial charge is 0.301 e. The van der Waals surface area contributed by atoms with Gasteiger partial charge in [-0.15, -0.1) is 22.7 Å². The lowest BCUT2D eigenvalue weighted by molar-refractivity contribution is 0.304. The van der Waals surface area contributed by atoms with E-state index in [1.807, 2.05) is 11.3 Å². The number of para-hydroxylation sites is 1. The molecule has 1 fully saturated rings. The van der Waals surface area contributed by atoms with Gasteiger partial charge in [-0.1, -0.05) is 30.3 Å². The van der Waals surface area contributed by atoms with Crippen LogP contribution in [0, 0.1) is 5.92 Å². The molecule has 0 bridgehead atoms. The maximum absolute atomic E-state index is 5.18. The van der Waals surface area contributed by atoms with E-state index in [1.54, 1.807) is 11.3 Å². The molecule has 0 unspecified atom stereocenters. The van der Waals surface area contributed by atoms with Crippen molar-refractivity contribution in [3.05, 3.63) is 80.7 Å². The van der Waals surface area contributed by atoms with E-state index in [-0.39, 0.29) is 6.04 Å². The van der Waals surface area contributed by atoms with Crippen molar-refractivity contribution in [1.82, 2.24) is 4.90 Å². The van der Waals surface area contributed by atoms with E-state index in [2.05, 4.69) is 88.4 Å². The van der Waals surface area contributed by atoms with E-state index in [0.717, 1.165) is 18.8 Å². The molecule has 2 aromatic heterocycles. The van der Waals surface area contributed by atoms with Crippen LogP contribution in [0.15, 0.2) is 76.0 Å². The highest BCUT2D eigenvalue weighted by Gasteiger charge is 2.43. The highest BCUT2D eigenvalue weighted by atomic mass is 32.1. The average Bonchev–Trinajstić information content (AvgIpc) is 3.42. The number of piperidine rings is 1. The van der Waals surface area contributed by atoms with E-state index in [9.17, 15) is 0 Å². The predicted octanol–water partition coefficient (Wildman–Crippen LogP) is 5.37. The molecular weight excluding hydrogens is 370 g/mol. The van der Waals surface area contributed by atoms with Crippen molar-refractivity contribution in [2.75, 3.05) is 25.1 Å². The molecule has 3 nitrogen and oxygen atoms in total. The molecule has 5 heteroatoms. The normalized spacial score (nSPS) is 24.3. The van der Waals surface area contributed by atoms with Crippen LogP contribution in [0.5, 0.6) is 0 Å². The number of hydrogen-bond acceptors (Lipinski definition) is 5. The second kappa shape index (κ2) is 7.08. The summed E-state index contributed by atoms with van der Waals surface area (Å²) in [5, 5.41) is 11.7. The third-order valence-electron chi connectivity index (χ3n) is 5.20. The molecule has 2 atom stereocenters. The standard InChI is InChI=1S/C22H21N3S2/c1-24-14-16(13-18-9-5-11-26-18)21-19(15-24)22(20-10-6-12-27-20)25(23-21)17-7-3-2-4-8-17/h2-13,19,22H,14-15H2,1H3/b16-13+/t19-,22-/m0/s1. The van der Waals surface area contributed by atoms with E-state index in [1.165, 1.54) is 21.0 Å². The molecule has 136 valence electrons. The number of anilines is 1. The number of likely N-dealkylation sites (tertiary alicyclic amines) is 1. The third-order valence-corrected chi connectivity index (χ3v) is 6.97. The van der Waals surface area contributed by atoms with Gasteiger partial charge in [-0.3, -0.25) is 5.01 Å². The van der Waals surface area contributed by atoms with E-state index < -0.39 is 0 Å². The Bertz CT molecular complexity index is 958. The first kappa shape index (κ1) is 16.9. The van der Waals surface area contributed by atoms with Gasteiger partial charge in [0.15, 0.2) is 0 Å². The molecule has 1 aromatic carbocycles. The smallest absolute Gasteiger partial charge is 0.0964 e. The number of fused-ring (bicyclic) bond motifs is 1. The molecule has 5 rings (SSSR count). The molecule has 2 aliphatic heterocycles. The average molecular weight is 392 g/mol. The van der Waals surface area contributed by atoms with Crippen LogP contribution in [-0.2, 0) is 0 Å². The van der Waals surface area contributed by atoms with Gasteiger partial charge in [0.05, 0.1) is 17.4 Å². The molecule has 27 heavy (non-hydrogen) atoms. The first-order valence-corrected chi connectivity index (χ1v) is 10.9. The van der Waals surface area contributed by atoms with Crippen molar-refractivity contribution < 1.29 is 0 Å². The zero-order valence-electron chi connectivity index (χ0n) is 15.2. The van der Waals surface area contributed by atoms with Crippen molar-refractivity contribution in [3.8, 4) is 0 Å². The molecule has 0 aliphatic carbocycles. The number of rotatable bonds is 3. The summed E-state index contributed by atoms with van der Waals surface area (Å²) in [6.07, 6.45) is 2.33. The molecule has 0 spiro atoms. The Balaban J connectivity index is 1.61. The predicted molar refractivity (Wildman–Crippen MR) is 117 cm³/mol. The number of hydrogen-bond donors (Lipinski definition) is 0. The second-order valence-corrected chi connectivity index (χ2v) is 9.07. The quantitative estimate of drug-likeness (QED) is 0.597. The Labute approximate surface area is 167 Å². The van der Waals surface area contributed by atoms with Crippen LogP contribution in [0.4, 0.5) is 5.69 Å². The summed E-state index contributed by atoms with van der Waals surface area (Å²) in [6, 6.07) is 19.5. The van der Waals surface area contributed by atoms with Crippen LogP contribution >= 0.6 is 22.7 Å². The molecule has 0 radical (unpaired) electrons. The van der Waals surface area contributed by atoms with Gasteiger partial charge < -0.3 is 4.90 Å². The van der Waals surface area contributed by atoms with Crippen molar-refractivity contribution >= 4 is 40.1 Å². The minimum atomic E-state index is 0.261. The van der Waals surface area contributed by atoms with Crippen molar-refractivity contribution in [2.24, 2.45) is 11.0 Å². The van der Waals surface area contributed by atoms with Crippen LogP contribution in [-0.4, -0.2) is 30.7 Å². The molecule has 4 heterocycles. The maximum Gasteiger partial charge on any atom is 0.0964 e. The molecular formula is C22H21N3S2. The summed E-state index contributed by atoms with van der Waals surface area (Å²) < 4.78 is 0. The lowest BCUT2D eigenvalue weighted by Crippen LogP contribution is -2.41. The summed E-state index contributed by atoms with van der Waals surface area (Å²) >= 11 is 3.62. The lowest BCUT2D eigenvalue weighted by Gasteiger charge is -2.34. The van der Waals surface area contributed by atoms with Crippen LogP contribution in [0.1, 0.15) is 15.8 Å². The third kappa shape index (κ3) is 3.16. The van der Waals surface area contributed by atoms with Gasteiger partial charge >= 0.3 is 0 Å². The maximum atomic E-state index is 5.18. The number of likely N-dealkylation sites (N-methyl/N-ethyl adjacent to an activating group) is 1. The van der Waals surface area contributed by atoms with Crippen molar-refractivity contribution in [2.45, 2.75) is 6.04 Å². The van der Waals surface area contributed by atoms with Gasteiger partial charge in [-0.05, 0) is 53.7 Å². The Hall–Kier alpha value is -2.21. The molecule has 0 N–H and O–H groups in total. The Morgan fingerprint density at radius 3 is 2.56 bits per heavy atom. The molecule has 1 saturated heterocycles. The first-order chi connectivity index (χ1) is 13.3. The van der Waals surface area contributed by atoms with Gasteiger partial charge in [0.2, 0.25) is 0 Å². The molecule has 3 aromatic rings. The highest BCUT2D eigenvalue weighted by Crippen LogP contribution is 2.44. The fourth-order valence-corrected chi connectivity index (χ4v) is 5.63. The summed E-state index contributed by atoms with van der Waals surface area (Å²) in [4.78, 5) is 5.11. The topological polar surface area (TPSA) is 18.8 Å². The number of hydrazone groups is 1. The lowest BCUT2D eigenvalue weighted by atomic mass is 9.86. The number of thiophene rings is 2. The van der Waals surface area contributed by atoms with Crippen molar-refractivity contribution in [1.29, 1.82) is 0 Å². The zero-order valence-corrected chi connectivity index (χ0v) is 16.8. The van der Waals surface area contributed by atoms with Gasteiger partial charge in [-0.25, -0.2) is 0 Å². The van der Waals surface area contributed by atoms with Gasteiger partial charge in [-0.2, -0.15) is 5.10 Å². The van der Waals surface area contributed by atoms with Gasteiger partial charge in [0.25, 0.3) is 0 Å². The summed E-state index contributed by atoms with van der Waals surface area (Å²) in [7, 11) is 2.22. The summed E-state index contributed by atoms with van der Waals surface area (Å²) in [5.41, 5.74) is 3.76. The van der Waals surface area contributed by atoms with E-state index >= 15 is 0 Å². The minimum absolute atomic E-state index is 0.261. The number of benzene rings is 1. The van der Waals surface area contributed by atoms with Crippen LogP contribution in [0.2, 0.25) is 0 Å². The Kier molecular flexibility index (Phi) is 4.44. The molecule has 0 saturated carbocycles. The highest BCUT2D eigenvalue weighted by molar-refractivity contribution is 7.11. The Morgan fingerprint density at radius 1 is 1.00 bits per heavy atom. The SMILES string of the molecule is CN1C/C(=C\c2cccs2)C2=NN(c3ccccc3)[C@H](c3cccs3)[C@H]2C1. The van der Waals surface area contributed by atoms with Gasteiger partial charge in [0, 0.05) is 28.8 Å². The van der Waals surface area contributed by atoms with Gasteiger partial charge in [0.1, 0.15) is 0 Å². The monoisotopic (exact) mass is 391 g/mol. The first-order valence-electron chi connectivity index (χ1n) is 9.19. The fraction of sp³-hybridized carbons (Fsp3) is 0.227. The molecule has 2 aliphatic rings. The summed E-state index contributed by atoms with van der Waals surface area (Å²) in [5.74, 6) is 0.383. The van der Waals surface area contributed by atoms with E-state index in [0.29, 0.717) is 5.92 Å². The minimum Gasteiger partial charge on any atom is -0.301 e. The fourth-order valence-electron chi connectivity index (χ4n) is 4.08. The second-order valence-electron chi connectivity index (χ2n) is 7.11. The summed E-state index contributed by atoms with van der Waals surface area (Å²) in [6.45, 7) is 1.99. The Morgan fingerprint density at radius 2 is 1.81 bits per heavy atom. The van der Waals surface area contributed by atoms with Crippen LogP contribution in [0.3, 0.4) is 0 Å². The molecule has 0 amide bonds. The van der Waals surface area contributed by atoms with E-state index in [4.69, 9.17) is 5.10 Å². The zero-order chi connectivity index (χ0) is 18.2.